The van der Waals surface area contributed by atoms with Gasteiger partial charge in [0.1, 0.15) is 28.5 Å². The highest BCUT2D eigenvalue weighted by atomic mass is 19.4. The number of amides is 1. The molecule has 2 aromatic carbocycles. The molecule has 2 saturated heterocycles. The molecule has 2 aliphatic heterocycles. The zero-order valence-corrected chi connectivity index (χ0v) is 22.9. The van der Waals surface area contributed by atoms with Crippen LogP contribution in [-0.4, -0.2) is 42.9 Å². The number of halogens is 6. The quantitative estimate of drug-likeness (QED) is 0.273. The Hall–Kier alpha value is -4.13. The van der Waals surface area contributed by atoms with Crippen molar-refractivity contribution in [1.29, 1.82) is 0 Å². The Balaban J connectivity index is 1.38. The Kier molecular flexibility index (Phi) is 6.71. The minimum Gasteiger partial charge on any atom is -0.382 e. The van der Waals surface area contributed by atoms with Crippen LogP contribution in [0.2, 0.25) is 0 Å². The number of piperidine rings is 1. The van der Waals surface area contributed by atoms with Gasteiger partial charge in [-0.2, -0.15) is 26.3 Å². The molecule has 1 unspecified atom stereocenters. The summed E-state index contributed by atoms with van der Waals surface area (Å²) in [5.41, 5.74) is 2.10. The summed E-state index contributed by atoms with van der Waals surface area (Å²) in [6, 6.07) is 7.29. The zero-order valence-electron chi connectivity index (χ0n) is 22.9. The number of nitrogen functional groups attached to an aromatic ring is 1. The van der Waals surface area contributed by atoms with Crippen molar-refractivity contribution in [2.45, 2.75) is 62.5 Å². The number of anilines is 1. The molecule has 0 radical (unpaired) electrons. The summed E-state index contributed by atoms with van der Waals surface area (Å²) in [5.74, 6) is 0.992. The van der Waals surface area contributed by atoms with Gasteiger partial charge in [-0.3, -0.25) is 9.20 Å². The molecule has 43 heavy (non-hydrogen) atoms. The molecule has 3 N–H and O–H groups in total. The van der Waals surface area contributed by atoms with Crippen LogP contribution in [0.5, 0.6) is 0 Å². The third-order valence-corrected chi connectivity index (χ3v) is 8.56. The lowest BCUT2D eigenvalue weighted by Gasteiger charge is -2.34. The Morgan fingerprint density at radius 1 is 0.907 bits per heavy atom. The topological polar surface area (TPSA) is 96.8 Å². The van der Waals surface area contributed by atoms with Gasteiger partial charge >= 0.3 is 12.4 Å². The predicted octanol–water partition coefficient (Wildman–Crippen LogP) is 6.14. The van der Waals surface area contributed by atoms with Crippen molar-refractivity contribution in [1.82, 2.24) is 19.3 Å². The number of hydrogen-bond donors (Lipinski definition) is 2. The van der Waals surface area contributed by atoms with E-state index in [0.29, 0.717) is 47.7 Å². The highest BCUT2D eigenvalue weighted by Crippen LogP contribution is 2.41. The molecule has 0 spiro atoms. The molecule has 7 nitrogen and oxygen atoms in total. The van der Waals surface area contributed by atoms with Crippen molar-refractivity contribution in [3.63, 3.8) is 0 Å². The molecule has 0 aliphatic carbocycles. The molecular weight excluding hydrogens is 576 g/mol. The molecule has 3 atom stereocenters. The van der Waals surface area contributed by atoms with Crippen molar-refractivity contribution in [3.8, 4) is 11.3 Å². The number of alkyl halides is 6. The molecule has 0 bridgehead atoms. The second kappa shape index (κ2) is 9.97. The molecule has 2 aromatic heterocycles. The fourth-order valence-corrected chi connectivity index (χ4v) is 6.21. The van der Waals surface area contributed by atoms with Gasteiger partial charge in [0.15, 0.2) is 0 Å². The normalized spacial score (nSPS) is 20.8. The van der Waals surface area contributed by atoms with Crippen molar-refractivity contribution in [3.05, 3.63) is 82.9 Å². The van der Waals surface area contributed by atoms with Gasteiger partial charge in [0.05, 0.1) is 11.1 Å². The molecule has 0 saturated carbocycles. The summed E-state index contributed by atoms with van der Waals surface area (Å²) in [6.45, 7) is 1.67. The zero-order chi connectivity index (χ0) is 30.9. The van der Waals surface area contributed by atoms with Crippen LogP contribution in [0.15, 0.2) is 54.9 Å². The molecular formula is C30H27F6N5O2. The third-order valence-electron chi connectivity index (χ3n) is 8.56. The Morgan fingerprint density at radius 3 is 2.16 bits per heavy atom. The molecule has 226 valence electrons. The SMILES string of the molecule is CC(O)(c1ccc(-c2nc([C@@H]3CC[C@H]4CCC(=O)N4C3)n3ccnc(N)c23)cc1)c1cc(C(F)(F)F)cc(C(F)(F)F)c1. The maximum Gasteiger partial charge on any atom is 0.416 e. The molecule has 4 heterocycles. The predicted molar refractivity (Wildman–Crippen MR) is 145 cm³/mol. The first kappa shape index (κ1) is 29.0. The number of carbonyl (C=O) groups is 1. The van der Waals surface area contributed by atoms with Crippen LogP contribution in [0, 0.1) is 0 Å². The van der Waals surface area contributed by atoms with E-state index >= 15 is 0 Å². The number of imidazole rings is 1. The number of benzene rings is 2. The minimum absolute atomic E-state index is 0.0225. The van der Waals surface area contributed by atoms with Crippen molar-refractivity contribution < 1.29 is 36.2 Å². The minimum atomic E-state index is -5.05. The molecule has 13 heteroatoms. The van der Waals surface area contributed by atoms with E-state index in [-0.39, 0.29) is 35.3 Å². The number of hydrogen-bond acceptors (Lipinski definition) is 5. The molecule has 6 rings (SSSR count). The first-order valence-electron chi connectivity index (χ1n) is 13.7. The Bertz CT molecular complexity index is 1680. The van der Waals surface area contributed by atoms with Gasteiger partial charge < -0.3 is 15.7 Å². The average Bonchev–Trinajstić information content (AvgIpc) is 3.53. The van der Waals surface area contributed by atoms with Gasteiger partial charge in [-0.1, -0.05) is 24.3 Å². The van der Waals surface area contributed by atoms with E-state index in [9.17, 15) is 36.2 Å². The lowest BCUT2D eigenvalue weighted by Crippen LogP contribution is -2.41. The summed E-state index contributed by atoms with van der Waals surface area (Å²) in [5, 5.41) is 11.3. The van der Waals surface area contributed by atoms with E-state index in [1.54, 1.807) is 24.5 Å². The van der Waals surface area contributed by atoms with Crippen LogP contribution in [0.4, 0.5) is 32.2 Å². The smallest absolute Gasteiger partial charge is 0.382 e. The van der Waals surface area contributed by atoms with Crippen molar-refractivity contribution in [2.24, 2.45) is 0 Å². The summed E-state index contributed by atoms with van der Waals surface area (Å²) in [4.78, 5) is 23.4. The van der Waals surface area contributed by atoms with E-state index in [2.05, 4.69) is 4.98 Å². The van der Waals surface area contributed by atoms with E-state index in [4.69, 9.17) is 10.7 Å². The second-order valence-electron chi connectivity index (χ2n) is 11.3. The highest BCUT2D eigenvalue weighted by Gasteiger charge is 2.40. The first-order chi connectivity index (χ1) is 20.1. The van der Waals surface area contributed by atoms with Crippen molar-refractivity contribution >= 4 is 17.2 Å². The lowest BCUT2D eigenvalue weighted by molar-refractivity contribution is -0.143. The van der Waals surface area contributed by atoms with Gasteiger partial charge in [0.25, 0.3) is 0 Å². The van der Waals surface area contributed by atoms with Gasteiger partial charge in [0, 0.05) is 42.9 Å². The van der Waals surface area contributed by atoms with Gasteiger partial charge in [-0.05, 0) is 55.5 Å². The van der Waals surface area contributed by atoms with Gasteiger partial charge in [-0.25, -0.2) is 9.97 Å². The number of rotatable bonds is 4. The van der Waals surface area contributed by atoms with Gasteiger partial charge in [0.2, 0.25) is 5.91 Å². The van der Waals surface area contributed by atoms with Crippen LogP contribution < -0.4 is 5.73 Å². The summed E-state index contributed by atoms with van der Waals surface area (Å²) in [6.07, 6.45) is -3.74. The van der Waals surface area contributed by atoms with Crippen LogP contribution >= 0.6 is 0 Å². The molecule has 4 aromatic rings. The monoisotopic (exact) mass is 603 g/mol. The fourth-order valence-electron chi connectivity index (χ4n) is 6.21. The molecule has 2 aliphatic rings. The van der Waals surface area contributed by atoms with Crippen LogP contribution in [0.25, 0.3) is 16.8 Å². The summed E-state index contributed by atoms with van der Waals surface area (Å²) < 4.78 is 82.6. The number of fused-ring (bicyclic) bond motifs is 2. The Labute approximate surface area is 242 Å². The number of nitrogens with zero attached hydrogens (tertiary/aromatic N) is 4. The third kappa shape index (κ3) is 5.09. The standard InChI is InChI=1S/C30H27F6N5O2/c1-28(43,19-12-20(29(31,32)33)14-21(13-19)30(34,35)36)18-5-2-16(3-6-18)24-25-26(37)38-10-11-40(25)27(39-24)17-4-7-22-8-9-23(42)41(22)15-17/h2-3,5-6,10-14,17,22,43H,4,7-9,15H2,1H3,(H2,37,38)/t17-,22+,28?/m1/s1. The number of aromatic nitrogens is 3. The largest absolute Gasteiger partial charge is 0.416 e. The second-order valence-corrected chi connectivity index (χ2v) is 11.3. The number of aliphatic hydroxyl groups is 1. The Morgan fingerprint density at radius 2 is 1.53 bits per heavy atom. The van der Waals surface area contributed by atoms with Crippen LogP contribution in [0.1, 0.15) is 66.6 Å². The van der Waals surface area contributed by atoms with Crippen LogP contribution in [0.3, 0.4) is 0 Å². The molecule has 2 fully saturated rings. The maximum atomic E-state index is 13.5. The van der Waals surface area contributed by atoms with Crippen LogP contribution in [-0.2, 0) is 22.7 Å². The highest BCUT2D eigenvalue weighted by molar-refractivity contribution is 5.85. The summed E-state index contributed by atoms with van der Waals surface area (Å²) >= 11 is 0. The maximum absolute atomic E-state index is 13.5. The van der Waals surface area contributed by atoms with Crippen molar-refractivity contribution in [2.75, 3.05) is 12.3 Å². The summed E-state index contributed by atoms with van der Waals surface area (Å²) in [7, 11) is 0. The van der Waals surface area contributed by atoms with E-state index in [1.807, 2.05) is 9.30 Å². The average molecular weight is 604 g/mol. The van der Waals surface area contributed by atoms with E-state index < -0.39 is 34.6 Å². The fraction of sp³-hybridized carbons (Fsp3) is 0.367. The van der Waals surface area contributed by atoms with E-state index in [1.165, 1.54) is 12.1 Å². The lowest BCUT2D eigenvalue weighted by atomic mass is 9.85. The first-order valence-corrected chi connectivity index (χ1v) is 13.7. The van der Waals surface area contributed by atoms with E-state index in [0.717, 1.165) is 26.2 Å². The number of nitrogens with two attached hydrogens (primary N) is 1. The molecule has 1 amide bonds. The number of carbonyl (C=O) groups excluding carboxylic acids is 1. The van der Waals surface area contributed by atoms with Gasteiger partial charge in [-0.15, -0.1) is 0 Å².